The highest BCUT2D eigenvalue weighted by atomic mass is 79.9. The molecule has 0 bridgehead atoms. The van der Waals surface area contributed by atoms with Crippen LogP contribution in [0.2, 0.25) is 0 Å². The Kier molecular flexibility index (Phi) is 2.96. The molecule has 0 spiro atoms. The number of pyridine rings is 1. The topological polar surface area (TPSA) is 39.9 Å². The van der Waals surface area contributed by atoms with Gasteiger partial charge in [-0.25, -0.2) is 0 Å². The maximum Gasteiger partial charge on any atom is 0.171 e. The largest absolute Gasteiger partial charge is 0.452 e. The Morgan fingerprint density at radius 2 is 2.12 bits per heavy atom. The quantitative estimate of drug-likeness (QED) is 0.850. The first-order valence-electron chi connectivity index (χ1n) is 4.87. The zero-order valence-corrected chi connectivity index (χ0v) is 10.9. The van der Waals surface area contributed by atoms with Gasteiger partial charge in [0.2, 0.25) is 0 Å². The van der Waals surface area contributed by atoms with Crippen LogP contribution < -0.4 is 4.74 Å². The van der Waals surface area contributed by atoms with Crippen LogP contribution in [0.4, 0.5) is 0 Å². The Bertz CT molecular complexity index is 522. The van der Waals surface area contributed by atoms with Gasteiger partial charge in [-0.1, -0.05) is 0 Å². The lowest BCUT2D eigenvalue weighted by Crippen LogP contribution is -1.93. The summed E-state index contributed by atoms with van der Waals surface area (Å²) in [4.78, 5) is 3.99. The highest BCUT2D eigenvalue weighted by Gasteiger charge is 2.12. The lowest BCUT2D eigenvalue weighted by atomic mass is 10.3. The van der Waals surface area contributed by atoms with Crippen molar-refractivity contribution in [2.45, 2.75) is 13.8 Å². The van der Waals surface area contributed by atoms with Crippen LogP contribution in [0.1, 0.15) is 11.4 Å². The molecule has 2 aromatic rings. The number of ether oxygens (including phenoxy) is 1. The standard InChI is InChI=1S/C11H12BrN3O/c1-7-11(8(2)15(3)14-7)16-10-4-5-13-6-9(10)12/h4-6H,1-3H3. The summed E-state index contributed by atoms with van der Waals surface area (Å²) in [6.07, 6.45) is 3.40. The van der Waals surface area contributed by atoms with Gasteiger partial charge < -0.3 is 4.74 Å². The Hall–Kier alpha value is -1.36. The summed E-state index contributed by atoms with van der Waals surface area (Å²) in [6, 6.07) is 1.82. The van der Waals surface area contributed by atoms with Crippen molar-refractivity contribution in [1.82, 2.24) is 14.8 Å². The van der Waals surface area contributed by atoms with Crippen LogP contribution in [0.5, 0.6) is 11.5 Å². The predicted octanol–water partition coefficient (Wildman–Crippen LogP) is 2.99. The van der Waals surface area contributed by atoms with Crippen LogP contribution in [0.25, 0.3) is 0 Å². The minimum absolute atomic E-state index is 0.745. The molecule has 0 fully saturated rings. The van der Waals surface area contributed by atoms with Crippen LogP contribution >= 0.6 is 15.9 Å². The molecule has 16 heavy (non-hydrogen) atoms. The molecule has 4 nitrogen and oxygen atoms in total. The third-order valence-electron chi connectivity index (χ3n) is 2.39. The van der Waals surface area contributed by atoms with Gasteiger partial charge >= 0.3 is 0 Å². The zero-order chi connectivity index (χ0) is 11.7. The molecule has 0 saturated heterocycles. The number of hydrogen-bond donors (Lipinski definition) is 0. The summed E-state index contributed by atoms with van der Waals surface area (Å²) in [7, 11) is 1.90. The summed E-state index contributed by atoms with van der Waals surface area (Å²) in [5.41, 5.74) is 1.88. The molecule has 0 aromatic carbocycles. The molecular weight excluding hydrogens is 270 g/mol. The maximum absolute atomic E-state index is 5.82. The van der Waals surface area contributed by atoms with Crippen LogP contribution in [-0.4, -0.2) is 14.8 Å². The average molecular weight is 282 g/mol. The van der Waals surface area contributed by atoms with Crippen molar-refractivity contribution in [3.05, 3.63) is 34.3 Å². The van der Waals surface area contributed by atoms with Gasteiger partial charge in [-0.2, -0.15) is 5.10 Å². The summed E-state index contributed by atoms with van der Waals surface area (Å²) in [6.45, 7) is 3.90. The van der Waals surface area contributed by atoms with Crippen molar-refractivity contribution in [3.8, 4) is 11.5 Å². The van der Waals surface area contributed by atoms with E-state index in [9.17, 15) is 0 Å². The average Bonchev–Trinajstić information content (AvgIpc) is 2.48. The Morgan fingerprint density at radius 1 is 1.38 bits per heavy atom. The Labute approximate surface area is 102 Å². The molecule has 2 heterocycles. The number of hydrogen-bond acceptors (Lipinski definition) is 3. The van der Waals surface area contributed by atoms with Crippen molar-refractivity contribution in [3.63, 3.8) is 0 Å². The van der Waals surface area contributed by atoms with Crippen LogP contribution in [0, 0.1) is 13.8 Å². The highest BCUT2D eigenvalue weighted by molar-refractivity contribution is 9.10. The van der Waals surface area contributed by atoms with Gasteiger partial charge in [-0.15, -0.1) is 0 Å². The van der Waals surface area contributed by atoms with E-state index in [-0.39, 0.29) is 0 Å². The molecule has 0 radical (unpaired) electrons. The highest BCUT2D eigenvalue weighted by Crippen LogP contribution is 2.32. The summed E-state index contributed by atoms with van der Waals surface area (Å²) in [5.74, 6) is 1.55. The van der Waals surface area contributed by atoms with Crippen LogP contribution in [0.3, 0.4) is 0 Å². The SMILES string of the molecule is Cc1nn(C)c(C)c1Oc1ccncc1Br. The van der Waals surface area contributed by atoms with E-state index >= 15 is 0 Å². The third-order valence-corrected chi connectivity index (χ3v) is 2.99. The van der Waals surface area contributed by atoms with E-state index in [1.807, 2.05) is 27.0 Å². The van der Waals surface area contributed by atoms with Gasteiger partial charge in [0.05, 0.1) is 10.2 Å². The molecule has 84 valence electrons. The van der Waals surface area contributed by atoms with Crippen molar-refractivity contribution in [2.75, 3.05) is 0 Å². The zero-order valence-electron chi connectivity index (χ0n) is 9.36. The van der Waals surface area contributed by atoms with E-state index in [0.29, 0.717) is 0 Å². The van der Waals surface area contributed by atoms with E-state index in [1.54, 1.807) is 17.1 Å². The molecule has 0 aliphatic heterocycles. The van der Waals surface area contributed by atoms with Crippen molar-refractivity contribution < 1.29 is 4.74 Å². The fourth-order valence-corrected chi connectivity index (χ4v) is 1.79. The van der Waals surface area contributed by atoms with Gasteiger partial charge in [-0.3, -0.25) is 9.67 Å². The van der Waals surface area contributed by atoms with Crippen molar-refractivity contribution in [2.24, 2.45) is 7.05 Å². The molecule has 0 saturated carbocycles. The predicted molar refractivity (Wildman–Crippen MR) is 64.7 cm³/mol. The minimum atomic E-state index is 0.745. The van der Waals surface area contributed by atoms with E-state index in [4.69, 9.17) is 4.74 Å². The van der Waals surface area contributed by atoms with E-state index in [1.165, 1.54) is 0 Å². The van der Waals surface area contributed by atoms with E-state index in [2.05, 4.69) is 26.0 Å². The van der Waals surface area contributed by atoms with Crippen molar-refractivity contribution in [1.29, 1.82) is 0 Å². The molecule has 0 amide bonds. The molecule has 2 rings (SSSR count). The summed E-state index contributed by atoms with van der Waals surface area (Å²) < 4.78 is 8.46. The molecule has 0 N–H and O–H groups in total. The second kappa shape index (κ2) is 4.25. The lowest BCUT2D eigenvalue weighted by molar-refractivity contribution is 0.470. The number of halogens is 1. The first-order valence-corrected chi connectivity index (χ1v) is 5.66. The Morgan fingerprint density at radius 3 is 2.69 bits per heavy atom. The normalized spacial score (nSPS) is 10.5. The number of nitrogens with zero attached hydrogens (tertiary/aromatic N) is 3. The monoisotopic (exact) mass is 281 g/mol. The van der Waals surface area contributed by atoms with E-state index in [0.717, 1.165) is 27.4 Å². The summed E-state index contributed by atoms with van der Waals surface area (Å²) in [5, 5.41) is 4.30. The van der Waals surface area contributed by atoms with Gasteiger partial charge in [0.25, 0.3) is 0 Å². The smallest absolute Gasteiger partial charge is 0.171 e. The second-order valence-corrected chi connectivity index (χ2v) is 4.39. The van der Waals surface area contributed by atoms with Gasteiger partial charge in [0.1, 0.15) is 11.4 Å². The molecule has 0 aliphatic rings. The maximum atomic E-state index is 5.82. The molecular formula is C11H12BrN3O. The van der Waals surface area contributed by atoms with Crippen LogP contribution in [0.15, 0.2) is 22.9 Å². The van der Waals surface area contributed by atoms with Gasteiger partial charge in [0.15, 0.2) is 5.75 Å². The molecule has 5 heteroatoms. The van der Waals surface area contributed by atoms with Gasteiger partial charge in [-0.05, 0) is 29.8 Å². The third kappa shape index (κ3) is 1.95. The first-order chi connectivity index (χ1) is 7.59. The molecule has 2 aromatic heterocycles. The number of aromatic nitrogens is 3. The van der Waals surface area contributed by atoms with Gasteiger partial charge in [0, 0.05) is 25.5 Å². The fourth-order valence-electron chi connectivity index (χ4n) is 1.46. The van der Waals surface area contributed by atoms with Crippen molar-refractivity contribution >= 4 is 15.9 Å². The summed E-state index contributed by atoms with van der Waals surface area (Å²) >= 11 is 3.39. The molecule has 0 atom stereocenters. The van der Waals surface area contributed by atoms with Crippen LogP contribution in [-0.2, 0) is 7.05 Å². The minimum Gasteiger partial charge on any atom is -0.452 e. The number of rotatable bonds is 2. The fraction of sp³-hybridized carbons (Fsp3) is 0.273. The van der Waals surface area contributed by atoms with E-state index < -0.39 is 0 Å². The molecule has 0 unspecified atom stereocenters. The lowest BCUT2D eigenvalue weighted by Gasteiger charge is -2.07. The second-order valence-electron chi connectivity index (χ2n) is 3.53. The molecule has 0 aliphatic carbocycles. The first kappa shape index (κ1) is 11.1. The number of aryl methyl sites for hydroxylation is 2. The Balaban J connectivity index is 2.38.